The summed E-state index contributed by atoms with van der Waals surface area (Å²) in [6, 6.07) is 23.1. The van der Waals surface area contributed by atoms with Crippen molar-refractivity contribution in [2.45, 2.75) is 13.0 Å². The number of aromatic hydroxyl groups is 2. The third-order valence-corrected chi connectivity index (χ3v) is 6.13. The van der Waals surface area contributed by atoms with Gasteiger partial charge in [0.15, 0.2) is 5.65 Å². The Morgan fingerprint density at radius 3 is 2.58 bits per heavy atom. The molecule has 0 atom stereocenters. The highest BCUT2D eigenvalue weighted by Crippen LogP contribution is 2.31. The van der Waals surface area contributed by atoms with Gasteiger partial charge in [0, 0.05) is 23.9 Å². The minimum Gasteiger partial charge on any atom is -0.508 e. The molecule has 0 aliphatic heterocycles. The number of phenolic OH excluding ortho intramolecular Hbond substituents is 2. The van der Waals surface area contributed by atoms with Gasteiger partial charge in [-0.1, -0.05) is 36.4 Å². The molecule has 5 aromatic rings. The molecule has 0 fully saturated rings. The largest absolute Gasteiger partial charge is 0.508 e. The van der Waals surface area contributed by atoms with E-state index in [0.717, 1.165) is 15.6 Å². The van der Waals surface area contributed by atoms with E-state index in [9.17, 15) is 15.0 Å². The minimum atomic E-state index is -0.171. The van der Waals surface area contributed by atoms with Crippen molar-refractivity contribution in [2.75, 3.05) is 10.6 Å². The van der Waals surface area contributed by atoms with Crippen LogP contribution in [-0.4, -0.2) is 30.7 Å². The molecular formula is C27H22BrN5O3. The number of hydrogen-bond donors (Lipinski definition) is 4. The van der Waals surface area contributed by atoms with Crippen LogP contribution >= 0.6 is 15.9 Å². The maximum atomic E-state index is 12.5. The number of nitrogens with zero attached hydrogens (tertiary/aromatic N) is 3. The molecule has 2 aromatic heterocycles. The van der Waals surface area contributed by atoms with Crippen LogP contribution in [0.2, 0.25) is 0 Å². The summed E-state index contributed by atoms with van der Waals surface area (Å²) in [4.78, 5) is 17.1. The molecule has 3 aromatic carbocycles. The smallest absolute Gasteiger partial charge is 0.228 e. The lowest BCUT2D eigenvalue weighted by atomic mass is 10.1. The van der Waals surface area contributed by atoms with Crippen LogP contribution in [-0.2, 0) is 17.8 Å². The highest BCUT2D eigenvalue weighted by molar-refractivity contribution is 9.10. The molecule has 9 heteroatoms. The second kappa shape index (κ2) is 10.1. The van der Waals surface area contributed by atoms with E-state index >= 15 is 0 Å². The van der Waals surface area contributed by atoms with E-state index in [1.807, 2.05) is 42.5 Å². The topological polar surface area (TPSA) is 112 Å². The average molecular weight is 544 g/mol. The van der Waals surface area contributed by atoms with Gasteiger partial charge in [-0.05, 0) is 63.5 Å². The van der Waals surface area contributed by atoms with Crippen molar-refractivity contribution in [2.24, 2.45) is 0 Å². The molecule has 8 nitrogen and oxygen atoms in total. The first kappa shape index (κ1) is 23.4. The minimum absolute atomic E-state index is 0.133. The van der Waals surface area contributed by atoms with Crippen LogP contribution in [0, 0.1) is 0 Å². The molecule has 0 saturated carbocycles. The summed E-state index contributed by atoms with van der Waals surface area (Å²) in [5.41, 5.74) is 4.20. The van der Waals surface area contributed by atoms with Gasteiger partial charge in [-0.25, -0.2) is 4.98 Å². The fourth-order valence-electron chi connectivity index (χ4n) is 3.90. The number of para-hydroxylation sites is 1. The van der Waals surface area contributed by atoms with Gasteiger partial charge in [0.05, 0.1) is 22.8 Å². The monoisotopic (exact) mass is 543 g/mol. The SMILES string of the molecule is O=C(Cc1cccc(O)c1)Nc1cccc(CNc2cc(-c3ccccc3O)nc3c(Br)cnn23)c1. The Hall–Kier alpha value is -4.37. The molecule has 4 N–H and O–H groups in total. The maximum Gasteiger partial charge on any atom is 0.228 e. The maximum absolute atomic E-state index is 12.5. The molecule has 0 spiro atoms. The van der Waals surface area contributed by atoms with Crippen LogP contribution in [0.3, 0.4) is 0 Å². The van der Waals surface area contributed by atoms with Gasteiger partial charge in [-0.15, -0.1) is 0 Å². The summed E-state index contributed by atoms with van der Waals surface area (Å²) in [7, 11) is 0. The lowest BCUT2D eigenvalue weighted by Crippen LogP contribution is -2.14. The second-order valence-corrected chi connectivity index (χ2v) is 9.07. The molecule has 0 radical (unpaired) electrons. The van der Waals surface area contributed by atoms with Gasteiger partial charge < -0.3 is 20.8 Å². The first-order valence-electron chi connectivity index (χ1n) is 11.2. The third kappa shape index (κ3) is 5.16. The van der Waals surface area contributed by atoms with Gasteiger partial charge in [0.25, 0.3) is 0 Å². The average Bonchev–Trinajstić information content (AvgIpc) is 3.24. The fourth-order valence-corrected chi connectivity index (χ4v) is 4.25. The fraction of sp³-hybridized carbons (Fsp3) is 0.0741. The Kier molecular flexibility index (Phi) is 6.55. The van der Waals surface area contributed by atoms with Crippen LogP contribution < -0.4 is 10.6 Å². The Labute approximate surface area is 215 Å². The second-order valence-electron chi connectivity index (χ2n) is 8.22. The first-order valence-corrected chi connectivity index (χ1v) is 12.0. The molecule has 5 rings (SSSR count). The van der Waals surface area contributed by atoms with E-state index in [2.05, 4.69) is 36.6 Å². The number of benzene rings is 3. The highest BCUT2D eigenvalue weighted by atomic mass is 79.9. The summed E-state index contributed by atoms with van der Waals surface area (Å²) in [5.74, 6) is 0.802. The van der Waals surface area contributed by atoms with Crippen LogP contribution in [0.15, 0.2) is 89.5 Å². The van der Waals surface area contributed by atoms with E-state index in [1.54, 1.807) is 47.1 Å². The van der Waals surface area contributed by atoms with Crippen LogP contribution in [0.4, 0.5) is 11.5 Å². The van der Waals surface area contributed by atoms with E-state index in [1.165, 1.54) is 0 Å². The van der Waals surface area contributed by atoms with Crippen molar-refractivity contribution >= 4 is 39.0 Å². The van der Waals surface area contributed by atoms with Crippen molar-refractivity contribution in [3.05, 3.63) is 101 Å². The number of carbonyl (C=O) groups is 1. The lowest BCUT2D eigenvalue weighted by Gasteiger charge is -2.13. The van der Waals surface area contributed by atoms with Crippen molar-refractivity contribution in [3.63, 3.8) is 0 Å². The van der Waals surface area contributed by atoms with Gasteiger partial charge >= 0.3 is 0 Å². The van der Waals surface area contributed by atoms with E-state index in [-0.39, 0.29) is 23.8 Å². The number of amides is 1. The van der Waals surface area contributed by atoms with Crippen molar-refractivity contribution in [1.29, 1.82) is 0 Å². The number of carbonyl (C=O) groups excluding carboxylic acids is 1. The summed E-state index contributed by atoms with van der Waals surface area (Å²) >= 11 is 3.49. The van der Waals surface area contributed by atoms with Crippen LogP contribution in [0.5, 0.6) is 11.5 Å². The Bertz CT molecular complexity index is 1570. The zero-order valence-electron chi connectivity index (χ0n) is 19.0. The van der Waals surface area contributed by atoms with E-state index < -0.39 is 0 Å². The summed E-state index contributed by atoms with van der Waals surface area (Å²) in [6.07, 6.45) is 1.83. The highest BCUT2D eigenvalue weighted by Gasteiger charge is 2.14. The zero-order valence-corrected chi connectivity index (χ0v) is 20.6. The van der Waals surface area contributed by atoms with E-state index in [0.29, 0.717) is 35.0 Å². The lowest BCUT2D eigenvalue weighted by molar-refractivity contribution is -0.115. The number of rotatable bonds is 7. The quantitative estimate of drug-likeness (QED) is 0.220. The number of hydrogen-bond acceptors (Lipinski definition) is 6. The number of anilines is 2. The number of phenols is 2. The molecule has 0 unspecified atom stereocenters. The van der Waals surface area contributed by atoms with Gasteiger partial charge in [0.1, 0.15) is 17.3 Å². The first-order chi connectivity index (χ1) is 17.5. The summed E-state index contributed by atoms with van der Waals surface area (Å²) in [5, 5.41) is 30.6. The number of nitrogens with one attached hydrogen (secondary N) is 2. The summed E-state index contributed by atoms with van der Waals surface area (Å²) < 4.78 is 2.42. The Morgan fingerprint density at radius 2 is 1.75 bits per heavy atom. The predicted molar refractivity (Wildman–Crippen MR) is 142 cm³/mol. The van der Waals surface area contributed by atoms with Crippen molar-refractivity contribution in [3.8, 4) is 22.8 Å². The van der Waals surface area contributed by atoms with Crippen molar-refractivity contribution in [1.82, 2.24) is 14.6 Å². The Balaban J connectivity index is 1.34. The molecule has 0 saturated heterocycles. The van der Waals surface area contributed by atoms with Gasteiger partial charge in [-0.2, -0.15) is 9.61 Å². The Morgan fingerprint density at radius 1 is 0.944 bits per heavy atom. The van der Waals surface area contributed by atoms with E-state index in [4.69, 9.17) is 0 Å². The molecule has 0 bridgehead atoms. The van der Waals surface area contributed by atoms with Crippen LogP contribution in [0.1, 0.15) is 11.1 Å². The number of fused-ring (bicyclic) bond motifs is 1. The number of halogens is 1. The standard InChI is InChI=1S/C27H22BrN5O3/c28-22-16-30-33-25(14-23(32-27(22)33)21-9-1-2-10-24(21)35)29-15-18-6-3-7-19(11-18)31-26(36)13-17-5-4-8-20(34)12-17/h1-12,14,16,29,34-35H,13,15H2,(H,31,36). The van der Waals surface area contributed by atoms with Gasteiger partial charge in [0.2, 0.25) is 5.91 Å². The normalized spacial score (nSPS) is 10.9. The predicted octanol–water partition coefficient (Wildman–Crippen LogP) is 5.36. The van der Waals surface area contributed by atoms with Crippen LogP contribution in [0.25, 0.3) is 16.9 Å². The number of aromatic nitrogens is 3. The molecule has 0 aliphatic carbocycles. The molecule has 36 heavy (non-hydrogen) atoms. The van der Waals surface area contributed by atoms with Crippen molar-refractivity contribution < 1.29 is 15.0 Å². The third-order valence-electron chi connectivity index (χ3n) is 5.57. The van der Waals surface area contributed by atoms with Gasteiger partial charge in [-0.3, -0.25) is 4.79 Å². The molecular weight excluding hydrogens is 522 g/mol. The molecule has 0 aliphatic rings. The zero-order chi connectivity index (χ0) is 25.1. The molecule has 180 valence electrons. The summed E-state index contributed by atoms with van der Waals surface area (Å²) in [6.45, 7) is 0.465. The molecule has 1 amide bonds. The molecule has 2 heterocycles.